The highest BCUT2D eigenvalue weighted by molar-refractivity contribution is 6.02. The van der Waals surface area contributed by atoms with E-state index in [-0.39, 0.29) is 24.3 Å². The highest BCUT2D eigenvalue weighted by atomic mass is 19.1. The van der Waals surface area contributed by atoms with E-state index in [9.17, 15) is 18.8 Å². The lowest BCUT2D eigenvalue weighted by Gasteiger charge is -2.26. The standard InChI is InChI=1S/C22H23FN4O3/c1-26(21(22(24)30)16-8-5-9-17(23)14-16)19(28)10-11-20(29)27-13-12-18(25-27)15-6-3-2-4-7-15/h2-9,14,21H,10-13H2,1H3,(H2,24,30). The first-order chi connectivity index (χ1) is 14.4. The van der Waals surface area contributed by atoms with E-state index in [1.807, 2.05) is 30.3 Å². The van der Waals surface area contributed by atoms with Gasteiger partial charge in [0.15, 0.2) is 0 Å². The lowest BCUT2D eigenvalue weighted by molar-refractivity contribution is -0.140. The molecule has 2 aromatic carbocycles. The van der Waals surface area contributed by atoms with Crippen LogP contribution in [0.4, 0.5) is 4.39 Å². The van der Waals surface area contributed by atoms with E-state index in [0.717, 1.165) is 22.2 Å². The second kappa shape index (κ2) is 9.30. The van der Waals surface area contributed by atoms with Crippen LogP contribution in [0.3, 0.4) is 0 Å². The molecule has 3 amide bonds. The summed E-state index contributed by atoms with van der Waals surface area (Å²) in [5.74, 6) is -2.03. The van der Waals surface area contributed by atoms with Crippen LogP contribution in [0, 0.1) is 5.82 Å². The molecule has 1 aliphatic heterocycles. The Morgan fingerprint density at radius 2 is 1.87 bits per heavy atom. The molecular weight excluding hydrogens is 387 g/mol. The normalized spacial score (nSPS) is 14.2. The predicted molar refractivity (Wildman–Crippen MR) is 110 cm³/mol. The van der Waals surface area contributed by atoms with Crippen molar-refractivity contribution in [3.8, 4) is 0 Å². The summed E-state index contributed by atoms with van der Waals surface area (Å²) in [6.07, 6.45) is 0.484. The van der Waals surface area contributed by atoms with Crippen LogP contribution in [0.25, 0.3) is 0 Å². The highest BCUT2D eigenvalue weighted by Gasteiger charge is 2.28. The SMILES string of the molecule is CN(C(=O)CCC(=O)N1CCC(c2ccccc2)=N1)C(C(N)=O)c1cccc(F)c1. The number of amides is 3. The van der Waals surface area contributed by atoms with Crippen LogP contribution in [0.2, 0.25) is 0 Å². The maximum atomic E-state index is 13.5. The van der Waals surface area contributed by atoms with Gasteiger partial charge >= 0.3 is 0 Å². The second-order valence-electron chi connectivity index (χ2n) is 7.04. The minimum Gasteiger partial charge on any atom is -0.368 e. The summed E-state index contributed by atoms with van der Waals surface area (Å²) in [6.45, 7) is 0.459. The van der Waals surface area contributed by atoms with Gasteiger partial charge in [0, 0.05) is 26.3 Å². The number of hydrogen-bond acceptors (Lipinski definition) is 4. The molecule has 30 heavy (non-hydrogen) atoms. The van der Waals surface area contributed by atoms with Gasteiger partial charge in [-0.2, -0.15) is 5.10 Å². The fourth-order valence-corrected chi connectivity index (χ4v) is 3.39. The van der Waals surface area contributed by atoms with E-state index in [1.54, 1.807) is 0 Å². The van der Waals surface area contributed by atoms with Crippen molar-refractivity contribution in [3.63, 3.8) is 0 Å². The lowest BCUT2D eigenvalue weighted by atomic mass is 10.0. The minimum absolute atomic E-state index is 0.0522. The average molecular weight is 410 g/mol. The van der Waals surface area contributed by atoms with E-state index < -0.39 is 23.7 Å². The number of carbonyl (C=O) groups excluding carboxylic acids is 3. The molecule has 1 aliphatic rings. The van der Waals surface area contributed by atoms with Crippen molar-refractivity contribution in [2.45, 2.75) is 25.3 Å². The Morgan fingerprint density at radius 3 is 2.53 bits per heavy atom. The van der Waals surface area contributed by atoms with Gasteiger partial charge in [0.05, 0.1) is 12.3 Å². The summed E-state index contributed by atoms with van der Waals surface area (Å²) in [4.78, 5) is 38.1. The first kappa shape index (κ1) is 21.2. The third-order valence-electron chi connectivity index (χ3n) is 4.96. The Balaban J connectivity index is 1.61. The van der Waals surface area contributed by atoms with Crippen LogP contribution in [0.5, 0.6) is 0 Å². The average Bonchev–Trinajstić information content (AvgIpc) is 3.22. The van der Waals surface area contributed by atoms with Crippen LogP contribution >= 0.6 is 0 Å². The zero-order valence-corrected chi connectivity index (χ0v) is 16.6. The number of hydrazone groups is 1. The molecule has 0 saturated carbocycles. The van der Waals surface area contributed by atoms with Crippen molar-refractivity contribution in [1.29, 1.82) is 0 Å². The number of carbonyl (C=O) groups is 3. The number of rotatable bonds is 7. The minimum atomic E-state index is -1.11. The van der Waals surface area contributed by atoms with Gasteiger partial charge in [-0.1, -0.05) is 42.5 Å². The third-order valence-corrected chi connectivity index (χ3v) is 4.96. The smallest absolute Gasteiger partial charge is 0.244 e. The first-order valence-corrected chi connectivity index (χ1v) is 9.60. The van der Waals surface area contributed by atoms with Gasteiger partial charge in [-0.25, -0.2) is 9.40 Å². The zero-order chi connectivity index (χ0) is 21.7. The molecule has 2 aromatic rings. The van der Waals surface area contributed by atoms with Crippen LogP contribution < -0.4 is 5.73 Å². The summed E-state index contributed by atoms with van der Waals surface area (Å²) in [5, 5.41) is 5.73. The Morgan fingerprint density at radius 1 is 1.13 bits per heavy atom. The van der Waals surface area contributed by atoms with Crippen molar-refractivity contribution in [3.05, 3.63) is 71.5 Å². The van der Waals surface area contributed by atoms with Crippen LogP contribution in [0.1, 0.15) is 36.4 Å². The molecular formula is C22H23FN4O3. The summed E-state index contributed by atoms with van der Waals surface area (Å²) in [5.41, 5.74) is 7.50. The number of halogens is 1. The van der Waals surface area contributed by atoms with Gasteiger partial charge in [0.25, 0.3) is 0 Å². The van der Waals surface area contributed by atoms with Gasteiger partial charge < -0.3 is 10.6 Å². The molecule has 0 radical (unpaired) electrons. The fourth-order valence-electron chi connectivity index (χ4n) is 3.39. The Kier molecular flexibility index (Phi) is 6.56. The molecule has 0 spiro atoms. The summed E-state index contributed by atoms with van der Waals surface area (Å²) in [7, 11) is 1.41. The van der Waals surface area contributed by atoms with Crippen molar-refractivity contribution in [1.82, 2.24) is 9.91 Å². The topological polar surface area (TPSA) is 96.1 Å². The molecule has 7 nitrogen and oxygen atoms in total. The van der Waals surface area contributed by atoms with Gasteiger partial charge in [-0.05, 0) is 23.3 Å². The fraction of sp³-hybridized carbons (Fsp3) is 0.273. The molecule has 1 heterocycles. The molecule has 3 rings (SSSR count). The van der Waals surface area contributed by atoms with Crippen LogP contribution in [0.15, 0.2) is 59.7 Å². The molecule has 0 fully saturated rings. The Bertz CT molecular complexity index is 977. The molecule has 1 atom stereocenters. The van der Waals surface area contributed by atoms with E-state index in [4.69, 9.17) is 5.73 Å². The molecule has 0 saturated heterocycles. The molecule has 0 bridgehead atoms. The Hall–Kier alpha value is -3.55. The largest absolute Gasteiger partial charge is 0.368 e. The quantitative estimate of drug-likeness (QED) is 0.758. The zero-order valence-electron chi connectivity index (χ0n) is 16.6. The van der Waals surface area contributed by atoms with Gasteiger partial charge in [-0.3, -0.25) is 14.4 Å². The van der Waals surface area contributed by atoms with Crippen LogP contribution in [-0.4, -0.2) is 46.9 Å². The molecule has 1 unspecified atom stereocenters. The Labute approximate surface area is 174 Å². The monoisotopic (exact) mass is 410 g/mol. The van der Waals surface area contributed by atoms with E-state index >= 15 is 0 Å². The summed E-state index contributed by atoms with van der Waals surface area (Å²) in [6, 6.07) is 13.8. The second-order valence-corrected chi connectivity index (χ2v) is 7.04. The number of primary amides is 1. The molecule has 8 heteroatoms. The van der Waals surface area contributed by atoms with Crippen molar-refractivity contribution in [2.75, 3.05) is 13.6 Å². The van der Waals surface area contributed by atoms with Gasteiger partial charge in [0.2, 0.25) is 17.7 Å². The maximum absolute atomic E-state index is 13.5. The number of likely N-dealkylation sites (N-methyl/N-ethyl adjacent to an activating group) is 1. The lowest BCUT2D eigenvalue weighted by Crippen LogP contribution is -2.39. The number of nitrogens with two attached hydrogens (primary N) is 1. The first-order valence-electron chi connectivity index (χ1n) is 9.60. The molecule has 156 valence electrons. The third kappa shape index (κ3) is 4.89. The van der Waals surface area contributed by atoms with Crippen molar-refractivity contribution in [2.24, 2.45) is 10.8 Å². The maximum Gasteiger partial charge on any atom is 0.244 e. The van der Waals surface area contributed by atoms with E-state index in [0.29, 0.717) is 13.0 Å². The van der Waals surface area contributed by atoms with E-state index in [1.165, 1.54) is 30.3 Å². The molecule has 0 aliphatic carbocycles. The van der Waals surface area contributed by atoms with Crippen molar-refractivity contribution >= 4 is 23.4 Å². The van der Waals surface area contributed by atoms with Crippen molar-refractivity contribution < 1.29 is 18.8 Å². The summed E-state index contributed by atoms with van der Waals surface area (Å²) >= 11 is 0. The number of nitrogens with zero attached hydrogens (tertiary/aromatic N) is 3. The number of hydrogen-bond donors (Lipinski definition) is 1. The van der Waals surface area contributed by atoms with Gasteiger partial charge in [0.1, 0.15) is 11.9 Å². The highest BCUT2D eigenvalue weighted by Crippen LogP contribution is 2.21. The van der Waals surface area contributed by atoms with Gasteiger partial charge in [-0.15, -0.1) is 0 Å². The van der Waals surface area contributed by atoms with Crippen LogP contribution in [-0.2, 0) is 14.4 Å². The van der Waals surface area contributed by atoms with E-state index in [2.05, 4.69) is 5.10 Å². The molecule has 0 aromatic heterocycles. The number of benzene rings is 2. The summed E-state index contributed by atoms with van der Waals surface area (Å²) < 4.78 is 13.5. The molecule has 2 N–H and O–H groups in total. The predicted octanol–water partition coefficient (Wildman–Crippen LogP) is 2.23.